The van der Waals surface area contributed by atoms with Crippen LogP contribution in [-0.4, -0.2) is 33.9 Å². The predicted octanol–water partition coefficient (Wildman–Crippen LogP) is 2.79. The largest absolute Gasteiger partial charge is 0.493 e. The molecule has 1 aliphatic carbocycles. The van der Waals surface area contributed by atoms with Crippen molar-refractivity contribution in [2.45, 2.75) is 39.8 Å². The monoisotopic (exact) mass is 484 g/mol. The molecule has 1 aromatic heterocycles. The van der Waals surface area contributed by atoms with Gasteiger partial charge in [0.15, 0.2) is 11.8 Å². The van der Waals surface area contributed by atoms with Crippen LogP contribution in [0.1, 0.15) is 36.7 Å². The summed E-state index contributed by atoms with van der Waals surface area (Å²) in [5.41, 5.74) is 2.31. The summed E-state index contributed by atoms with van der Waals surface area (Å²) in [6.45, 7) is 6.88. The molecule has 0 spiro atoms. The van der Waals surface area contributed by atoms with Gasteiger partial charge in [0.2, 0.25) is 0 Å². The van der Waals surface area contributed by atoms with Crippen molar-refractivity contribution >= 4 is 29.9 Å². The molecular weight excluding hydrogens is 455 g/mol. The summed E-state index contributed by atoms with van der Waals surface area (Å²) in [5, 5.41) is 14.5. The molecule has 0 bridgehead atoms. The summed E-state index contributed by atoms with van der Waals surface area (Å²) < 4.78 is 7.93. The number of hydrogen-bond donors (Lipinski definition) is 2. The van der Waals surface area contributed by atoms with Crippen molar-refractivity contribution in [3.05, 3.63) is 41.5 Å². The number of nitrogens with zero attached hydrogens (tertiary/aromatic N) is 4. The summed E-state index contributed by atoms with van der Waals surface area (Å²) in [4.78, 5) is 4.70. The Labute approximate surface area is 178 Å². The molecule has 1 aliphatic rings. The fourth-order valence-corrected chi connectivity index (χ4v) is 2.55. The summed E-state index contributed by atoms with van der Waals surface area (Å²) >= 11 is 0. The minimum Gasteiger partial charge on any atom is -0.493 e. The van der Waals surface area contributed by atoms with Crippen LogP contribution in [0.2, 0.25) is 0 Å². The summed E-state index contributed by atoms with van der Waals surface area (Å²) in [6.07, 6.45) is 4.27. The van der Waals surface area contributed by atoms with E-state index in [-0.39, 0.29) is 24.0 Å². The third-order valence-corrected chi connectivity index (χ3v) is 4.36. The number of aliphatic imine (C=N–C) groups is 1. The van der Waals surface area contributed by atoms with Gasteiger partial charge in [0, 0.05) is 19.2 Å². The Kier molecular flexibility index (Phi) is 8.33. The molecule has 0 atom stereocenters. The molecule has 1 fully saturated rings. The number of guanidine groups is 1. The summed E-state index contributed by atoms with van der Waals surface area (Å²) in [6, 6.07) is 6.31. The SMILES string of the molecule is CCNC(=NCc1ccc(C)cc1OCC1CC1)NCc1nncn1C.I. The molecule has 3 rings (SSSR count). The Hall–Kier alpha value is -1.84. The highest BCUT2D eigenvalue weighted by Gasteiger charge is 2.22. The number of benzene rings is 1. The predicted molar refractivity (Wildman–Crippen MR) is 117 cm³/mol. The molecule has 2 N–H and O–H groups in total. The molecule has 0 unspecified atom stereocenters. The molecule has 0 saturated heterocycles. The quantitative estimate of drug-likeness (QED) is 0.343. The average molecular weight is 484 g/mol. The first kappa shape index (κ1) is 21.5. The number of aryl methyl sites for hydroxylation is 2. The molecule has 1 heterocycles. The van der Waals surface area contributed by atoms with E-state index in [1.54, 1.807) is 6.33 Å². The Morgan fingerprint density at radius 1 is 1.33 bits per heavy atom. The second-order valence-corrected chi connectivity index (χ2v) is 6.77. The Balaban J connectivity index is 0.00000261. The van der Waals surface area contributed by atoms with Gasteiger partial charge in [-0.3, -0.25) is 0 Å². The van der Waals surface area contributed by atoms with E-state index in [2.05, 4.69) is 52.9 Å². The van der Waals surface area contributed by atoms with E-state index in [4.69, 9.17) is 9.73 Å². The van der Waals surface area contributed by atoms with Crippen molar-refractivity contribution in [3.63, 3.8) is 0 Å². The highest BCUT2D eigenvalue weighted by molar-refractivity contribution is 14.0. The zero-order valence-corrected chi connectivity index (χ0v) is 18.6. The standard InChI is InChI=1S/C19H28N6O.HI/c1-4-20-19(22-11-18-24-23-13-25(18)3)21-10-16-8-5-14(2)9-17(16)26-12-15-6-7-15;/h5,8-9,13,15H,4,6-7,10-12H2,1-3H3,(H2,20,21,22);1H. The van der Waals surface area contributed by atoms with Gasteiger partial charge in [0.25, 0.3) is 0 Å². The van der Waals surface area contributed by atoms with E-state index in [1.807, 2.05) is 11.6 Å². The number of ether oxygens (including phenoxy) is 1. The van der Waals surface area contributed by atoms with Gasteiger partial charge in [0.1, 0.15) is 12.1 Å². The number of hydrogen-bond acceptors (Lipinski definition) is 4. The molecule has 0 aliphatic heterocycles. The van der Waals surface area contributed by atoms with Crippen LogP contribution < -0.4 is 15.4 Å². The molecule has 8 heteroatoms. The van der Waals surface area contributed by atoms with Gasteiger partial charge in [-0.05, 0) is 44.2 Å². The van der Waals surface area contributed by atoms with Crippen LogP contribution in [0, 0.1) is 12.8 Å². The Bertz CT molecular complexity index is 756. The van der Waals surface area contributed by atoms with E-state index >= 15 is 0 Å². The highest BCUT2D eigenvalue weighted by atomic mass is 127. The minimum atomic E-state index is 0. The zero-order chi connectivity index (χ0) is 18.4. The van der Waals surface area contributed by atoms with Crippen molar-refractivity contribution in [2.24, 2.45) is 18.0 Å². The summed E-state index contributed by atoms with van der Waals surface area (Å²) in [5.74, 6) is 3.30. The molecule has 1 saturated carbocycles. The highest BCUT2D eigenvalue weighted by Crippen LogP contribution is 2.30. The molecule has 7 nitrogen and oxygen atoms in total. The number of nitrogens with one attached hydrogen (secondary N) is 2. The smallest absolute Gasteiger partial charge is 0.191 e. The Morgan fingerprint density at radius 3 is 2.81 bits per heavy atom. The average Bonchev–Trinajstić information content (AvgIpc) is 3.37. The van der Waals surface area contributed by atoms with E-state index in [0.717, 1.165) is 42.2 Å². The van der Waals surface area contributed by atoms with E-state index in [9.17, 15) is 0 Å². The van der Waals surface area contributed by atoms with E-state index in [0.29, 0.717) is 13.1 Å². The first-order valence-corrected chi connectivity index (χ1v) is 9.23. The molecule has 2 aromatic rings. The van der Waals surface area contributed by atoms with Crippen molar-refractivity contribution in [2.75, 3.05) is 13.2 Å². The maximum atomic E-state index is 6.04. The molecule has 148 valence electrons. The third kappa shape index (κ3) is 6.67. The van der Waals surface area contributed by atoms with Crippen molar-refractivity contribution in [3.8, 4) is 5.75 Å². The molecular formula is C19H29IN6O. The van der Waals surface area contributed by atoms with Gasteiger partial charge >= 0.3 is 0 Å². The minimum absolute atomic E-state index is 0. The van der Waals surface area contributed by atoms with Crippen molar-refractivity contribution in [1.29, 1.82) is 0 Å². The van der Waals surface area contributed by atoms with Crippen LogP contribution >= 0.6 is 24.0 Å². The number of halogens is 1. The van der Waals surface area contributed by atoms with Gasteiger partial charge < -0.3 is 19.9 Å². The zero-order valence-electron chi connectivity index (χ0n) is 16.2. The first-order chi connectivity index (χ1) is 12.7. The number of rotatable bonds is 8. The van der Waals surface area contributed by atoms with Crippen LogP contribution in [0.4, 0.5) is 0 Å². The first-order valence-electron chi connectivity index (χ1n) is 9.23. The van der Waals surface area contributed by atoms with E-state index < -0.39 is 0 Å². The van der Waals surface area contributed by atoms with Crippen LogP contribution in [-0.2, 0) is 20.1 Å². The molecule has 1 aromatic carbocycles. The molecule has 0 radical (unpaired) electrons. The van der Waals surface area contributed by atoms with Crippen LogP contribution in [0.3, 0.4) is 0 Å². The third-order valence-electron chi connectivity index (χ3n) is 4.36. The van der Waals surface area contributed by atoms with Crippen LogP contribution in [0.5, 0.6) is 5.75 Å². The van der Waals surface area contributed by atoms with Gasteiger partial charge in [0.05, 0.1) is 19.7 Å². The second kappa shape index (κ2) is 10.5. The lowest BCUT2D eigenvalue weighted by Crippen LogP contribution is -2.37. The second-order valence-electron chi connectivity index (χ2n) is 6.77. The lowest BCUT2D eigenvalue weighted by molar-refractivity contribution is 0.296. The molecule has 27 heavy (non-hydrogen) atoms. The number of aromatic nitrogens is 3. The van der Waals surface area contributed by atoms with Gasteiger partial charge in [-0.15, -0.1) is 34.2 Å². The van der Waals surface area contributed by atoms with Gasteiger partial charge in [-0.2, -0.15) is 0 Å². The fourth-order valence-electron chi connectivity index (χ4n) is 2.55. The fraction of sp³-hybridized carbons (Fsp3) is 0.526. The maximum Gasteiger partial charge on any atom is 0.191 e. The van der Waals surface area contributed by atoms with Crippen molar-refractivity contribution < 1.29 is 4.74 Å². The topological polar surface area (TPSA) is 76.4 Å². The lowest BCUT2D eigenvalue weighted by Gasteiger charge is -2.13. The van der Waals surface area contributed by atoms with Crippen molar-refractivity contribution in [1.82, 2.24) is 25.4 Å². The van der Waals surface area contributed by atoms with Gasteiger partial charge in [-0.25, -0.2) is 4.99 Å². The van der Waals surface area contributed by atoms with Crippen LogP contribution in [0.15, 0.2) is 29.5 Å². The van der Waals surface area contributed by atoms with Gasteiger partial charge in [-0.1, -0.05) is 12.1 Å². The summed E-state index contributed by atoms with van der Waals surface area (Å²) in [7, 11) is 1.93. The van der Waals surface area contributed by atoms with E-state index in [1.165, 1.54) is 18.4 Å². The Morgan fingerprint density at radius 2 is 2.15 bits per heavy atom. The molecule has 0 amide bonds. The van der Waals surface area contributed by atoms with Crippen LogP contribution in [0.25, 0.3) is 0 Å². The maximum absolute atomic E-state index is 6.04. The normalized spacial score (nSPS) is 13.8. The lowest BCUT2D eigenvalue weighted by atomic mass is 10.1.